The van der Waals surface area contributed by atoms with Gasteiger partial charge in [-0.2, -0.15) is 0 Å². The van der Waals surface area contributed by atoms with Crippen LogP contribution in [0.15, 0.2) is 35.1 Å². The largest absolute Gasteiger partial charge is 0.481 e. The predicted molar refractivity (Wildman–Crippen MR) is 80.1 cm³/mol. The summed E-state index contributed by atoms with van der Waals surface area (Å²) in [6, 6.07) is 6.87. The monoisotopic (exact) mass is 355 g/mol. The number of hydrogen-bond donors (Lipinski definition) is 1. The van der Waals surface area contributed by atoms with Gasteiger partial charge in [0.15, 0.2) is 0 Å². The van der Waals surface area contributed by atoms with Crippen molar-refractivity contribution >= 4 is 39.1 Å². The number of anilines is 1. The van der Waals surface area contributed by atoms with Crippen LogP contribution in [0.5, 0.6) is 5.88 Å². The number of pyridine rings is 2. The van der Waals surface area contributed by atoms with E-state index in [4.69, 9.17) is 16.3 Å². The highest BCUT2D eigenvalue weighted by atomic mass is 79.9. The van der Waals surface area contributed by atoms with E-state index in [1.54, 1.807) is 30.5 Å². The van der Waals surface area contributed by atoms with E-state index < -0.39 is 0 Å². The number of carbonyl (C=O) groups excluding carboxylic acids is 1. The van der Waals surface area contributed by atoms with E-state index in [0.717, 1.165) is 0 Å². The first-order chi connectivity index (χ1) is 9.60. The molecule has 0 aliphatic carbocycles. The average molecular weight is 357 g/mol. The Labute approximate surface area is 129 Å². The average Bonchev–Trinajstić information content (AvgIpc) is 2.43. The quantitative estimate of drug-likeness (QED) is 0.855. The normalized spacial score (nSPS) is 10.2. The Hall–Kier alpha value is -1.66. The van der Waals surface area contributed by atoms with Crippen LogP contribution in [0.1, 0.15) is 5.56 Å². The van der Waals surface area contributed by atoms with Crippen molar-refractivity contribution in [2.75, 3.05) is 12.4 Å². The molecule has 2 aromatic rings. The molecule has 0 saturated carbocycles. The zero-order valence-corrected chi connectivity index (χ0v) is 12.9. The van der Waals surface area contributed by atoms with E-state index in [1.807, 2.05) is 0 Å². The summed E-state index contributed by atoms with van der Waals surface area (Å²) < 4.78 is 5.49. The van der Waals surface area contributed by atoms with E-state index >= 15 is 0 Å². The molecule has 0 aliphatic rings. The Morgan fingerprint density at radius 1 is 1.45 bits per heavy atom. The van der Waals surface area contributed by atoms with Gasteiger partial charge in [-0.25, -0.2) is 9.97 Å². The van der Waals surface area contributed by atoms with E-state index in [1.165, 1.54) is 7.11 Å². The molecule has 20 heavy (non-hydrogen) atoms. The third-order valence-corrected chi connectivity index (χ3v) is 3.44. The first kappa shape index (κ1) is 14.7. The number of ether oxygens (including phenoxy) is 1. The molecule has 0 saturated heterocycles. The summed E-state index contributed by atoms with van der Waals surface area (Å²) >= 11 is 9.18. The number of methoxy groups -OCH3 is 1. The predicted octanol–water partition coefficient (Wildman–Crippen LogP) is 3.08. The molecule has 7 heteroatoms. The Kier molecular flexibility index (Phi) is 4.92. The SMILES string of the molecule is COc1ccc(NC(=O)Cc2cccnc2Cl)c(Br)n1. The molecule has 1 amide bonds. The van der Waals surface area contributed by atoms with Crippen LogP contribution in [-0.2, 0) is 11.2 Å². The molecule has 2 aromatic heterocycles. The fourth-order valence-corrected chi connectivity index (χ4v) is 2.14. The maximum atomic E-state index is 12.0. The van der Waals surface area contributed by atoms with Crippen molar-refractivity contribution in [3.05, 3.63) is 45.8 Å². The maximum Gasteiger partial charge on any atom is 0.228 e. The Balaban J connectivity index is 2.07. The summed E-state index contributed by atoms with van der Waals surface area (Å²) in [5.74, 6) is 0.262. The standard InChI is InChI=1S/C13H11BrClN3O2/c1-20-11-5-4-9(12(14)18-11)17-10(19)7-8-3-2-6-16-13(8)15/h2-6H,7H2,1H3,(H,17,19). The van der Waals surface area contributed by atoms with Crippen molar-refractivity contribution < 1.29 is 9.53 Å². The van der Waals surface area contributed by atoms with E-state index in [2.05, 4.69) is 31.2 Å². The van der Waals surface area contributed by atoms with Crippen LogP contribution in [0.3, 0.4) is 0 Å². The zero-order valence-electron chi connectivity index (χ0n) is 10.6. The number of nitrogens with zero attached hydrogens (tertiary/aromatic N) is 2. The number of halogens is 2. The van der Waals surface area contributed by atoms with Gasteiger partial charge in [-0.05, 0) is 33.6 Å². The summed E-state index contributed by atoms with van der Waals surface area (Å²) in [5.41, 5.74) is 1.24. The minimum atomic E-state index is -0.201. The third kappa shape index (κ3) is 3.68. The van der Waals surface area contributed by atoms with E-state index in [-0.39, 0.29) is 12.3 Å². The van der Waals surface area contributed by atoms with Gasteiger partial charge in [0, 0.05) is 12.3 Å². The topological polar surface area (TPSA) is 64.1 Å². The van der Waals surface area contributed by atoms with Gasteiger partial charge in [0.1, 0.15) is 9.76 Å². The first-order valence-electron chi connectivity index (χ1n) is 5.70. The van der Waals surface area contributed by atoms with Crippen LogP contribution in [0, 0.1) is 0 Å². The highest BCUT2D eigenvalue weighted by Gasteiger charge is 2.10. The molecule has 0 fully saturated rings. The van der Waals surface area contributed by atoms with Gasteiger partial charge < -0.3 is 10.1 Å². The lowest BCUT2D eigenvalue weighted by atomic mass is 10.2. The number of carbonyl (C=O) groups is 1. The number of hydrogen-bond acceptors (Lipinski definition) is 4. The van der Waals surface area contributed by atoms with Crippen molar-refractivity contribution in [1.29, 1.82) is 0 Å². The number of rotatable bonds is 4. The molecule has 2 rings (SSSR count). The molecule has 104 valence electrons. The molecular weight excluding hydrogens is 346 g/mol. The van der Waals surface area contributed by atoms with Crippen molar-refractivity contribution in [3.63, 3.8) is 0 Å². The Morgan fingerprint density at radius 3 is 2.90 bits per heavy atom. The maximum absolute atomic E-state index is 12.0. The first-order valence-corrected chi connectivity index (χ1v) is 6.87. The van der Waals surface area contributed by atoms with Crippen molar-refractivity contribution in [1.82, 2.24) is 9.97 Å². The van der Waals surface area contributed by atoms with E-state index in [9.17, 15) is 4.79 Å². The van der Waals surface area contributed by atoms with Crippen molar-refractivity contribution in [2.45, 2.75) is 6.42 Å². The summed E-state index contributed by atoms with van der Waals surface area (Å²) in [6.45, 7) is 0. The lowest BCUT2D eigenvalue weighted by Crippen LogP contribution is -2.15. The van der Waals surface area contributed by atoms with Gasteiger partial charge >= 0.3 is 0 Å². The minimum Gasteiger partial charge on any atom is -0.481 e. The van der Waals surface area contributed by atoms with Gasteiger partial charge in [-0.3, -0.25) is 4.79 Å². The second-order valence-electron chi connectivity index (χ2n) is 3.87. The molecule has 0 aliphatic heterocycles. The molecule has 5 nitrogen and oxygen atoms in total. The smallest absolute Gasteiger partial charge is 0.228 e. The second-order valence-corrected chi connectivity index (χ2v) is 4.98. The Morgan fingerprint density at radius 2 is 2.25 bits per heavy atom. The Bertz CT molecular complexity index is 637. The van der Waals surface area contributed by atoms with Crippen LogP contribution in [0.2, 0.25) is 5.15 Å². The third-order valence-electron chi connectivity index (χ3n) is 2.49. The zero-order chi connectivity index (χ0) is 14.5. The lowest BCUT2D eigenvalue weighted by molar-refractivity contribution is -0.115. The van der Waals surface area contributed by atoms with Gasteiger partial charge in [0.25, 0.3) is 0 Å². The number of amides is 1. The number of nitrogens with one attached hydrogen (secondary N) is 1. The molecule has 2 heterocycles. The molecule has 0 aromatic carbocycles. The van der Waals surface area contributed by atoms with Gasteiger partial charge in [0.2, 0.25) is 11.8 Å². The van der Waals surface area contributed by atoms with Crippen LogP contribution >= 0.6 is 27.5 Å². The summed E-state index contributed by atoms with van der Waals surface area (Å²) in [5, 5.41) is 3.08. The molecule has 1 N–H and O–H groups in total. The summed E-state index contributed by atoms with van der Waals surface area (Å²) in [6.07, 6.45) is 1.72. The molecule has 0 atom stereocenters. The van der Waals surface area contributed by atoms with Gasteiger partial charge in [-0.15, -0.1) is 0 Å². The van der Waals surface area contributed by atoms with Crippen molar-refractivity contribution in [2.24, 2.45) is 0 Å². The van der Waals surface area contributed by atoms with Gasteiger partial charge in [-0.1, -0.05) is 17.7 Å². The van der Waals surface area contributed by atoms with Crippen LogP contribution in [-0.4, -0.2) is 23.0 Å². The molecule has 0 unspecified atom stereocenters. The molecular formula is C13H11BrClN3O2. The fraction of sp³-hybridized carbons (Fsp3) is 0.154. The van der Waals surface area contributed by atoms with Crippen LogP contribution in [0.25, 0.3) is 0 Å². The van der Waals surface area contributed by atoms with Crippen molar-refractivity contribution in [3.8, 4) is 5.88 Å². The molecule has 0 bridgehead atoms. The summed E-state index contributed by atoms with van der Waals surface area (Å²) in [7, 11) is 1.53. The highest BCUT2D eigenvalue weighted by Crippen LogP contribution is 2.23. The molecule has 0 spiro atoms. The van der Waals surface area contributed by atoms with Crippen LogP contribution < -0.4 is 10.1 Å². The lowest BCUT2D eigenvalue weighted by Gasteiger charge is -2.08. The highest BCUT2D eigenvalue weighted by molar-refractivity contribution is 9.10. The minimum absolute atomic E-state index is 0.144. The van der Waals surface area contributed by atoms with E-state index in [0.29, 0.717) is 26.9 Å². The number of aromatic nitrogens is 2. The van der Waals surface area contributed by atoms with Gasteiger partial charge in [0.05, 0.1) is 19.2 Å². The van der Waals surface area contributed by atoms with Crippen LogP contribution in [0.4, 0.5) is 5.69 Å². The summed E-state index contributed by atoms with van der Waals surface area (Å²) in [4.78, 5) is 20.0. The second kappa shape index (κ2) is 6.67. The fourth-order valence-electron chi connectivity index (χ4n) is 1.54. The molecule has 0 radical (unpaired) electrons.